The van der Waals surface area contributed by atoms with E-state index in [2.05, 4.69) is 9.72 Å². The van der Waals surface area contributed by atoms with Gasteiger partial charge in [0.05, 0.1) is 18.2 Å². The lowest BCUT2D eigenvalue weighted by molar-refractivity contribution is -0.141. The van der Waals surface area contributed by atoms with E-state index in [1.165, 1.54) is 6.07 Å². The van der Waals surface area contributed by atoms with E-state index in [1.807, 2.05) is 0 Å². The lowest BCUT2D eigenvalue weighted by Crippen LogP contribution is -2.20. The number of hydrogen-bond donors (Lipinski definition) is 0. The molecule has 0 aliphatic carbocycles. The number of nitrogens with zero attached hydrogens (tertiary/aromatic N) is 2. The number of methoxy groups -OCH3 is 1. The molecule has 4 nitrogen and oxygen atoms in total. The van der Waals surface area contributed by atoms with Crippen molar-refractivity contribution in [2.75, 3.05) is 7.11 Å². The average Bonchev–Trinajstić information content (AvgIpc) is 2.34. The summed E-state index contributed by atoms with van der Waals surface area (Å²) in [6.07, 6.45) is -8.23. The van der Waals surface area contributed by atoms with Crippen LogP contribution in [0.4, 0.5) is 22.0 Å². The van der Waals surface area contributed by atoms with E-state index in [0.717, 1.165) is 7.11 Å². The van der Waals surface area contributed by atoms with Gasteiger partial charge in [0, 0.05) is 6.20 Å². The van der Waals surface area contributed by atoms with Crippen molar-refractivity contribution < 1.29 is 31.5 Å². The summed E-state index contributed by atoms with van der Waals surface area (Å²) in [5.41, 5.74) is -5.40. The first-order chi connectivity index (χ1) is 8.73. The Morgan fingerprint density at radius 1 is 1.47 bits per heavy atom. The molecule has 1 aromatic heterocycles. The number of nitriles is 1. The Hall–Kier alpha value is -2.24. The number of alkyl halides is 5. The van der Waals surface area contributed by atoms with Gasteiger partial charge in [0.15, 0.2) is 5.69 Å². The van der Waals surface area contributed by atoms with Gasteiger partial charge < -0.3 is 4.74 Å². The molecule has 0 fully saturated rings. The minimum atomic E-state index is -5.12. The van der Waals surface area contributed by atoms with Crippen molar-refractivity contribution in [2.45, 2.75) is 12.6 Å². The molecule has 0 spiro atoms. The number of carbonyl (C=O) groups excluding carboxylic acids is 1. The Morgan fingerprint density at radius 3 is 2.42 bits per heavy atom. The Morgan fingerprint density at radius 2 is 2.05 bits per heavy atom. The van der Waals surface area contributed by atoms with Crippen LogP contribution >= 0.6 is 0 Å². The third kappa shape index (κ3) is 2.78. The minimum Gasteiger partial charge on any atom is -0.465 e. The van der Waals surface area contributed by atoms with Gasteiger partial charge in [-0.25, -0.2) is 18.6 Å². The third-order valence-electron chi connectivity index (χ3n) is 2.12. The Bertz CT molecular complexity index is 548. The SMILES string of the molecule is COC(=O)c1c(C(F)(F)F)ncc(C#N)c1C(F)F. The van der Waals surface area contributed by atoms with Crippen LogP contribution in [0.25, 0.3) is 0 Å². The van der Waals surface area contributed by atoms with Crippen molar-refractivity contribution in [2.24, 2.45) is 0 Å². The van der Waals surface area contributed by atoms with Crippen LogP contribution in [0.5, 0.6) is 0 Å². The van der Waals surface area contributed by atoms with E-state index in [4.69, 9.17) is 5.26 Å². The van der Waals surface area contributed by atoms with Crippen molar-refractivity contribution in [3.63, 3.8) is 0 Å². The second-order valence-electron chi connectivity index (χ2n) is 3.21. The van der Waals surface area contributed by atoms with E-state index in [1.54, 1.807) is 0 Å². The molecular weight excluding hydrogens is 275 g/mol. The molecule has 9 heteroatoms. The number of aromatic nitrogens is 1. The fourth-order valence-electron chi connectivity index (χ4n) is 1.36. The molecule has 0 saturated heterocycles. The van der Waals surface area contributed by atoms with Crippen LogP contribution in [0, 0.1) is 11.3 Å². The quantitative estimate of drug-likeness (QED) is 0.617. The molecule has 0 bridgehead atoms. The van der Waals surface area contributed by atoms with Crippen LogP contribution in [0.15, 0.2) is 6.20 Å². The Labute approximate surface area is 103 Å². The number of halogens is 5. The molecule has 1 aromatic rings. The van der Waals surface area contributed by atoms with E-state index in [-0.39, 0.29) is 0 Å². The lowest BCUT2D eigenvalue weighted by atomic mass is 10.0. The number of ether oxygens (including phenoxy) is 1. The van der Waals surface area contributed by atoms with Crippen LogP contribution in [0.2, 0.25) is 0 Å². The van der Waals surface area contributed by atoms with Gasteiger partial charge in [-0.1, -0.05) is 0 Å². The molecule has 0 aliphatic heterocycles. The monoisotopic (exact) mass is 280 g/mol. The normalized spacial score (nSPS) is 11.3. The Balaban J connectivity index is 3.76. The maximum absolute atomic E-state index is 12.8. The molecule has 0 atom stereocenters. The molecule has 0 unspecified atom stereocenters. The number of esters is 1. The highest BCUT2D eigenvalue weighted by Crippen LogP contribution is 2.36. The van der Waals surface area contributed by atoms with Gasteiger partial charge in [-0.05, 0) is 0 Å². The number of hydrogen-bond acceptors (Lipinski definition) is 4. The zero-order valence-electron chi connectivity index (χ0n) is 9.26. The summed E-state index contributed by atoms with van der Waals surface area (Å²) in [6, 6.07) is 1.26. The first kappa shape index (κ1) is 14.8. The first-order valence-electron chi connectivity index (χ1n) is 4.60. The van der Waals surface area contributed by atoms with Gasteiger partial charge >= 0.3 is 12.1 Å². The zero-order chi connectivity index (χ0) is 14.8. The van der Waals surface area contributed by atoms with Crippen molar-refractivity contribution in [3.05, 3.63) is 28.6 Å². The van der Waals surface area contributed by atoms with E-state index in [0.29, 0.717) is 6.20 Å². The second-order valence-corrected chi connectivity index (χ2v) is 3.21. The highest BCUT2D eigenvalue weighted by Gasteiger charge is 2.41. The number of pyridine rings is 1. The highest BCUT2D eigenvalue weighted by atomic mass is 19.4. The molecule has 1 rings (SSSR count). The van der Waals surface area contributed by atoms with Gasteiger partial charge in [0.25, 0.3) is 6.43 Å². The fourth-order valence-corrected chi connectivity index (χ4v) is 1.36. The predicted molar refractivity (Wildman–Crippen MR) is 50.3 cm³/mol. The second kappa shape index (κ2) is 5.17. The summed E-state index contributed by atoms with van der Waals surface area (Å²) >= 11 is 0. The Kier molecular flexibility index (Phi) is 4.04. The molecule has 0 N–H and O–H groups in total. The van der Waals surface area contributed by atoms with Gasteiger partial charge in [-0.3, -0.25) is 0 Å². The molecule has 0 aliphatic rings. The van der Waals surface area contributed by atoms with Crippen LogP contribution in [-0.4, -0.2) is 18.1 Å². The molecule has 19 heavy (non-hydrogen) atoms. The average molecular weight is 280 g/mol. The minimum absolute atomic E-state index is 0.344. The van der Waals surface area contributed by atoms with Crippen molar-refractivity contribution >= 4 is 5.97 Å². The summed E-state index contributed by atoms with van der Waals surface area (Å²) in [7, 11) is 0.733. The molecule has 102 valence electrons. The first-order valence-corrected chi connectivity index (χ1v) is 4.60. The predicted octanol–water partition coefficient (Wildman–Crippen LogP) is 2.70. The van der Waals surface area contributed by atoms with Crippen molar-refractivity contribution in [1.29, 1.82) is 5.26 Å². The maximum Gasteiger partial charge on any atom is 0.434 e. The summed E-state index contributed by atoms with van der Waals surface area (Å²) in [4.78, 5) is 14.1. The van der Waals surface area contributed by atoms with E-state index in [9.17, 15) is 26.7 Å². The summed E-state index contributed by atoms with van der Waals surface area (Å²) in [5.74, 6) is -1.63. The summed E-state index contributed by atoms with van der Waals surface area (Å²) in [6.45, 7) is 0. The zero-order valence-corrected chi connectivity index (χ0v) is 9.26. The molecular formula is C10H5F5N2O2. The highest BCUT2D eigenvalue weighted by molar-refractivity contribution is 5.93. The molecule has 0 aromatic carbocycles. The van der Waals surface area contributed by atoms with Crippen molar-refractivity contribution in [3.8, 4) is 6.07 Å². The summed E-state index contributed by atoms with van der Waals surface area (Å²) in [5, 5.41) is 8.58. The number of carbonyl (C=O) groups is 1. The molecule has 0 saturated carbocycles. The smallest absolute Gasteiger partial charge is 0.434 e. The van der Waals surface area contributed by atoms with Gasteiger partial charge in [-0.2, -0.15) is 18.4 Å². The lowest BCUT2D eigenvalue weighted by Gasteiger charge is -2.14. The molecule has 1 heterocycles. The largest absolute Gasteiger partial charge is 0.465 e. The van der Waals surface area contributed by atoms with Crippen LogP contribution in [0.1, 0.15) is 33.6 Å². The third-order valence-corrected chi connectivity index (χ3v) is 2.12. The fraction of sp³-hybridized carbons (Fsp3) is 0.300. The van der Waals surface area contributed by atoms with Crippen LogP contribution in [0.3, 0.4) is 0 Å². The molecule has 0 radical (unpaired) electrons. The maximum atomic E-state index is 12.8. The van der Waals surface area contributed by atoms with Gasteiger partial charge in [-0.15, -0.1) is 0 Å². The van der Waals surface area contributed by atoms with Gasteiger partial charge in [0.2, 0.25) is 0 Å². The van der Waals surface area contributed by atoms with E-state index >= 15 is 0 Å². The summed E-state index contributed by atoms with van der Waals surface area (Å²) < 4.78 is 67.5. The van der Waals surface area contributed by atoms with Crippen LogP contribution in [-0.2, 0) is 10.9 Å². The van der Waals surface area contributed by atoms with Crippen molar-refractivity contribution in [1.82, 2.24) is 4.98 Å². The van der Waals surface area contributed by atoms with E-state index < -0.39 is 41.0 Å². The topological polar surface area (TPSA) is 63.0 Å². The van der Waals surface area contributed by atoms with Gasteiger partial charge in [0.1, 0.15) is 11.6 Å². The molecule has 0 amide bonds. The standard InChI is InChI=1S/C10H5F5N2O2/c1-19-9(18)6-5(8(11)12)4(2-16)3-17-7(6)10(13,14)15/h3,8H,1H3. The number of rotatable bonds is 2. The van der Waals surface area contributed by atoms with Crippen LogP contribution < -0.4 is 0 Å².